The molecular weight excluding hydrogens is 596 g/mol. The molecule has 1 unspecified atom stereocenters. The van der Waals surface area contributed by atoms with Crippen molar-refractivity contribution in [3.05, 3.63) is 111 Å². The average Bonchev–Trinajstić information content (AvgIpc) is 3.63. The van der Waals surface area contributed by atoms with Crippen molar-refractivity contribution in [1.29, 1.82) is 0 Å². The minimum atomic E-state index is -4.43. The van der Waals surface area contributed by atoms with E-state index in [1.165, 1.54) is 23.9 Å². The van der Waals surface area contributed by atoms with Gasteiger partial charge in [0.2, 0.25) is 0 Å². The number of thioether (sulfide) groups is 1. The van der Waals surface area contributed by atoms with Crippen LogP contribution in [0.15, 0.2) is 84.0 Å². The van der Waals surface area contributed by atoms with Gasteiger partial charge >= 0.3 is 6.18 Å². The van der Waals surface area contributed by atoms with E-state index in [2.05, 4.69) is 10.3 Å². The molecule has 4 aromatic rings. The van der Waals surface area contributed by atoms with E-state index >= 15 is 0 Å². The number of aromatic nitrogens is 3. The number of aliphatic hydroxyl groups is 1. The van der Waals surface area contributed by atoms with Gasteiger partial charge in [-0.15, -0.1) is 11.8 Å². The number of hydrogen-bond donors (Lipinski definition) is 2. The van der Waals surface area contributed by atoms with Gasteiger partial charge < -0.3 is 10.4 Å². The monoisotopic (exact) mass is 618 g/mol. The van der Waals surface area contributed by atoms with Crippen molar-refractivity contribution >= 4 is 40.9 Å². The standard InChI is InChI=1S/C29H23Cl2F3N4O2S/c30-22-8-7-21(13-23(22)31)38-25(14-24(37-38)18-2-1-11-35-15-18)26-9-10-27(41-26)28(40)36-20(16-39)12-17-3-5-19(6-4-17)29(32,33)34/h1-8,10-11,13-15,20,26,39H,9,12,16H2,(H,36,40)/t20-,26?/m0/s1. The molecule has 12 heteroatoms. The maximum absolute atomic E-state index is 13.1. The van der Waals surface area contributed by atoms with Crippen molar-refractivity contribution < 1.29 is 23.1 Å². The minimum absolute atomic E-state index is 0.148. The van der Waals surface area contributed by atoms with Gasteiger partial charge in [-0.25, -0.2) is 4.68 Å². The van der Waals surface area contributed by atoms with Crippen LogP contribution in [0.25, 0.3) is 16.9 Å². The predicted molar refractivity (Wildman–Crippen MR) is 154 cm³/mol. The SMILES string of the molecule is O=C(N[C@H](CO)Cc1ccc(C(F)(F)F)cc1)C1=CCC(c2cc(-c3cccnc3)nn2-c2ccc(Cl)c(Cl)c2)S1. The summed E-state index contributed by atoms with van der Waals surface area (Å²) in [5.41, 5.74) is 2.90. The summed E-state index contributed by atoms with van der Waals surface area (Å²) in [6, 6.07) is 14.9. The molecule has 0 radical (unpaired) electrons. The molecule has 1 aliphatic heterocycles. The molecule has 1 amide bonds. The highest BCUT2D eigenvalue weighted by Gasteiger charge is 2.31. The number of aliphatic hydroxyl groups excluding tert-OH is 1. The van der Waals surface area contributed by atoms with Gasteiger partial charge in [0.1, 0.15) is 0 Å². The van der Waals surface area contributed by atoms with Gasteiger partial charge in [-0.1, -0.05) is 41.4 Å². The van der Waals surface area contributed by atoms with E-state index in [0.29, 0.717) is 38.3 Å². The first-order chi connectivity index (χ1) is 19.6. The van der Waals surface area contributed by atoms with Crippen molar-refractivity contribution in [3.8, 4) is 16.9 Å². The Morgan fingerprint density at radius 1 is 1.12 bits per heavy atom. The Labute approximate surface area is 248 Å². The van der Waals surface area contributed by atoms with Crippen molar-refractivity contribution in [2.24, 2.45) is 0 Å². The Balaban J connectivity index is 1.32. The predicted octanol–water partition coefficient (Wildman–Crippen LogP) is 7.04. The molecule has 5 rings (SSSR count). The number of alkyl halides is 3. The summed E-state index contributed by atoms with van der Waals surface area (Å²) in [6.07, 6.45) is 1.53. The number of amides is 1. The average molecular weight is 619 g/mol. The maximum atomic E-state index is 13.1. The molecule has 212 valence electrons. The number of carbonyl (C=O) groups excluding carboxylic acids is 1. The van der Waals surface area contributed by atoms with Crippen LogP contribution in [0.2, 0.25) is 10.0 Å². The molecule has 0 aliphatic carbocycles. The van der Waals surface area contributed by atoms with E-state index in [1.807, 2.05) is 30.3 Å². The number of hydrogen-bond acceptors (Lipinski definition) is 5. The van der Waals surface area contributed by atoms with Crippen LogP contribution in [-0.4, -0.2) is 38.4 Å². The van der Waals surface area contributed by atoms with Crippen molar-refractivity contribution in [1.82, 2.24) is 20.1 Å². The lowest BCUT2D eigenvalue weighted by Gasteiger charge is -2.18. The summed E-state index contributed by atoms with van der Waals surface area (Å²) in [4.78, 5) is 17.8. The van der Waals surface area contributed by atoms with Crippen LogP contribution in [-0.2, 0) is 17.4 Å². The van der Waals surface area contributed by atoms with E-state index in [4.69, 9.17) is 28.3 Å². The zero-order chi connectivity index (χ0) is 29.1. The Bertz CT molecular complexity index is 1580. The first-order valence-corrected chi connectivity index (χ1v) is 14.2. The normalized spacial score (nSPS) is 16.0. The molecule has 2 atom stereocenters. The van der Waals surface area contributed by atoms with Gasteiger partial charge in [-0.05, 0) is 66.9 Å². The highest BCUT2D eigenvalue weighted by Crippen LogP contribution is 2.45. The molecule has 3 heterocycles. The molecule has 0 saturated carbocycles. The van der Waals surface area contributed by atoms with Crippen LogP contribution < -0.4 is 5.32 Å². The smallest absolute Gasteiger partial charge is 0.394 e. The van der Waals surface area contributed by atoms with E-state index in [0.717, 1.165) is 23.4 Å². The Morgan fingerprint density at radius 2 is 1.90 bits per heavy atom. The molecule has 41 heavy (non-hydrogen) atoms. The molecule has 2 aromatic heterocycles. The van der Waals surface area contributed by atoms with E-state index in [1.54, 1.807) is 29.2 Å². The maximum Gasteiger partial charge on any atom is 0.416 e. The van der Waals surface area contributed by atoms with Crippen LogP contribution in [0.1, 0.15) is 28.5 Å². The van der Waals surface area contributed by atoms with E-state index in [9.17, 15) is 23.1 Å². The summed E-state index contributed by atoms with van der Waals surface area (Å²) in [5, 5.41) is 18.1. The summed E-state index contributed by atoms with van der Waals surface area (Å²) in [7, 11) is 0. The van der Waals surface area contributed by atoms with E-state index in [-0.39, 0.29) is 24.2 Å². The van der Waals surface area contributed by atoms with Crippen molar-refractivity contribution in [2.45, 2.75) is 30.3 Å². The number of allylic oxidation sites excluding steroid dienone is 1. The van der Waals surface area contributed by atoms with Gasteiger partial charge in [-0.3, -0.25) is 9.78 Å². The lowest BCUT2D eigenvalue weighted by Crippen LogP contribution is -2.39. The molecule has 0 spiro atoms. The first kappa shape index (κ1) is 29.2. The molecule has 0 bridgehead atoms. The fraction of sp³-hybridized carbons (Fsp3) is 0.207. The number of carbonyl (C=O) groups is 1. The van der Waals surface area contributed by atoms with Crippen LogP contribution >= 0.6 is 35.0 Å². The molecule has 0 saturated heterocycles. The Morgan fingerprint density at radius 3 is 2.56 bits per heavy atom. The zero-order valence-electron chi connectivity index (χ0n) is 21.3. The second-order valence-corrected chi connectivity index (χ2v) is 11.4. The van der Waals surface area contributed by atoms with Gasteiger partial charge in [0.25, 0.3) is 5.91 Å². The summed E-state index contributed by atoms with van der Waals surface area (Å²) in [5.74, 6) is -0.364. The second kappa shape index (κ2) is 12.3. The summed E-state index contributed by atoms with van der Waals surface area (Å²) in [6.45, 7) is -0.368. The highest BCUT2D eigenvalue weighted by molar-refractivity contribution is 8.04. The topological polar surface area (TPSA) is 80.0 Å². The summed E-state index contributed by atoms with van der Waals surface area (Å²) >= 11 is 13.8. The molecule has 2 N–H and O–H groups in total. The van der Waals surface area contributed by atoms with E-state index < -0.39 is 17.8 Å². The third kappa shape index (κ3) is 6.78. The number of halogens is 5. The third-order valence-corrected chi connectivity index (χ3v) is 8.56. The van der Waals surface area contributed by atoms with Gasteiger partial charge in [0.05, 0.1) is 55.5 Å². The lowest BCUT2D eigenvalue weighted by atomic mass is 10.0. The van der Waals surface area contributed by atoms with Gasteiger partial charge in [0.15, 0.2) is 0 Å². The first-order valence-electron chi connectivity index (χ1n) is 12.5. The molecule has 6 nitrogen and oxygen atoms in total. The van der Waals surface area contributed by atoms with Crippen molar-refractivity contribution in [2.75, 3.05) is 6.61 Å². The number of pyridine rings is 1. The second-order valence-electron chi connectivity index (χ2n) is 9.37. The summed E-state index contributed by atoms with van der Waals surface area (Å²) < 4.78 is 40.4. The van der Waals surface area contributed by atoms with Crippen LogP contribution in [0, 0.1) is 0 Å². The largest absolute Gasteiger partial charge is 0.416 e. The van der Waals surface area contributed by atoms with Crippen LogP contribution in [0.3, 0.4) is 0 Å². The minimum Gasteiger partial charge on any atom is -0.394 e. The number of rotatable bonds is 8. The lowest BCUT2D eigenvalue weighted by molar-refractivity contribution is -0.137. The Hall–Kier alpha value is -3.31. The Kier molecular flexibility index (Phi) is 8.74. The molecular formula is C29H23Cl2F3N4O2S. The fourth-order valence-electron chi connectivity index (χ4n) is 4.43. The van der Waals surface area contributed by atoms with Gasteiger partial charge in [-0.2, -0.15) is 18.3 Å². The molecule has 1 aliphatic rings. The molecule has 0 fully saturated rings. The number of benzene rings is 2. The molecule has 2 aromatic carbocycles. The highest BCUT2D eigenvalue weighted by atomic mass is 35.5. The third-order valence-electron chi connectivity index (χ3n) is 6.50. The zero-order valence-corrected chi connectivity index (χ0v) is 23.6. The van der Waals surface area contributed by atoms with Crippen LogP contribution in [0.5, 0.6) is 0 Å². The fourth-order valence-corrected chi connectivity index (χ4v) is 5.87. The van der Waals surface area contributed by atoms with Crippen molar-refractivity contribution in [3.63, 3.8) is 0 Å². The quantitative estimate of drug-likeness (QED) is 0.221. The van der Waals surface area contributed by atoms with Gasteiger partial charge in [0, 0.05) is 18.0 Å². The number of nitrogens with one attached hydrogen (secondary N) is 1. The number of nitrogens with zero attached hydrogens (tertiary/aromatic N) is 3. The van der Waals surface area contributed by atoms with Crippen LogP contribution in [0.4, 0.5) is 13.2 Å².